The van der Waals surface area contributed by atoms with Crippen LogP contribution in [0.5, 0.6) is 0 Å². The summed E-state index contributed by atoms with van der Waals surface area (Å²) in [6.07, 6.45) is 1.19. The Labute approximate surface area is 116 Å². The van der Waals surface area contributed by atoms with E-state index >= 15 is 0 Å². The van der Waals surface area contributed by atoms with E-state index in [-0.39, 0.29) is 7.43 Å². The van der Waals surface area contributed by atoms with Gasteiger partial charge in [-0.15, -0.1) is 0 Å². The van der Waals surface area contributed by atoms with E-state index in [0.717, 1.165) is 0 Å². The molecular weight excluding hydrogens is 228 g/mol. The minimum Gasteiger partial charge on any atom is -0.0776 e. The summed E-state index contributed by atoms with van der Waals surface area (Å²) in [6, 6.07) is 20.0. The summed E-state index contributed by atoms with van der Waals surface area (Å²) in [6.45, 7) is 4.54. The Morgan fingerprint density at radius 3 is 2.00 bits per heavy atom. The molecule has 1 atom stereocenters. The Morgan fingerprint density at radius 1 is 0.789 bits per heavy atom. The predicted molar refractivity (Wildman–Crippen MR) is 86.9 cm³/mol. The van der Waals surface area contributed by atoms with Crippen LogP contribution in [-0.2, 0) is 0 Å². The lowest BCUT2D eigenvalue weighted by Gasteiger charge is -2.10. The first kappa shape index (κ1) is 13.6. The summed E-state index contributed by atoms with van der Waals surface area (Å²) in [5.74, 6) is 0.640. The lowest BCUT2D eigenvalue weighted by molar-refractivity contribution is 0.735. The molecule has 0 heterocycles. The highest BCUT2D eigenvalue weighted by molar-refractivity contribution is 5.98. The van der Waals surface area contributed by atoms with Gasteiger partial charge in [-0.2, -0.15) is 0 Å². The maximum absolute atomic E-state index is 2.34. The van der Waals surface area contributed by atoms with Gasteiger partial charge in [-0.1, -0.05) is 63.7 Å². The van der Waals surface area contributed by atoms with Crippen molar-refractivity contribution in [2.75, 3.05) is 0 Å². The van der Waals surface area contributed by atoms with Crippen molar-refractivity contribution >= 4 is 21.5 Å². The topological polar surface area (TPSA) is 0 Å². The molecule has 0 fully saturated rings. The molecule has 98 valence electrons. The first-order chi connectivity index (χ1) is 8.78. The molecule has 0 aromatic heterocycles. The lowest BCUT2D eigenvalue weighted by Crippen LogP contribution is -1.90. The minimum absolute atomic E-state index is 0. The molecule has 0 spiro atoms. The summed E-state index contributed by atoms with van der Waals surface area (Å²) in [4.78, 5) is 0. The Balaban J connectivity index is 0.00000133. The molecule has 3 aromatic rings. The summed E-state index contributed by atoms with van der Waals surface area (Å²) in [5.41, 5.74) is 1.44. The van der Waals surface area contributed by atoms with Gasteiger partial charge in [-0.05, 0) is 51.6 Å². The van der Waals surface area contributed by atoms with Crippen molar-refractivity contribution in [2.24, 2.45) is 0 Å². The highest BCUT2D eigenvalue weighted by Crippen LogP contribution is 2.27. The van der Waals surface area contributed by atoms with Crippen LogP contribution in [0.25, 0.3) is 21.5 Å². The molecule has 0 saturated heterocycles. The van der Waals surface area contributed by atoms with Gasteiger partial charge in [-0.25, -0.2) is 0 Å². The zero-order chi connectivity index (χ0) is 12.5. The normalized spacial score (nSPS) is 12.3. The van der Waals surface area contributed by atoms with Crippen LogP contribution in [0, 0.1) is 0 Å². The van der Waals surface area contributed by atoms with Crippen LogP contribution in [0.15, 0.2) is 54.6 Å². The van der Waals surface area contributed by atoms with Gasteiger partial charge in [0.1, 0.15) is 0 Å². The Hall–Kier alpha value is -1.82. The van der Waals surface area contributed by atoms with E-state index in [1.54, 1.807) is 0 Å². The largest absolute Gasteiger partial charge is 0.0776 e. The van der Waals surface area contributed by atoms with Gasteiger partial charge < -0.3 is 0 Å². The van der Waals surface area contributed by atoms with Gasteiger partial charge in [0, 0.05) is 0 Å². The molecule has 0 heteroatoms. The molecule has 3 rings (SSSR count). The van der Waals surface area contributed by atoms with Crippen molar-refractivity contribution in [1.82, 2.24) is 0 Å². The molecule has 0 nitrogen and oxygen atoms in total. The standard InChI is InChI=1S/C18H18.CH4/c1-3-13(2)14-8-9-17-11-15-6-4-5-7-16(15)12-18(17)10-14;/h4-13H,3H2,1-2H3;1H4. The van der Waals surface area contributed by atoms with Gasteiger partial charge in [0.25, 0.3) is 0 Å². The maximum atomic E-state index is 2.34. The van der Waals surface area contributed by atoms with Gasteiger partial charge in [0.15, 0.2) is 0 Å². The summed E-state index contributed by atoms with van der Waals surface area (Å²) in [5, 5.41) is 5.33. The van der Waals surface area contributed by atoms with Crippen molar-refractivity contribution in [3.63, 3.8) is 0 Å². The van der Waals surface area contributed by atoms with Gasteiger partial charge in [0.2, 0.25) is 0 Å². The molecule has 3 aromatic carbocycles. The fourth-order valence-electron chi connectivity index (χ4n) is 2.50. The lowest BCUT2D eigenvalue weighted by atomic mass is 9.95. The smallest absolute Gasteiger partial charge is 0.0175 e. The zero-order valence-corrected chi connectivity index (χ0v) is 11.0. The number of hydrogen-bond donors (Lipinski definition) is 0. The third-order valence-corrected chi connectivity index (χ3v) is 3.91. The highest BCUT2D eigenvalue weighted by Gasteiger charge is 2.04. The fraction of sp³-hybridized carbons (Fsp3) is 0.263. The van der Waals surface area contributed by atoms with Crippen LogP contribution in [0.4, 0.5) is 0 Å². The molecule has 19 heavy (non-hydrogen) atoms. The van der Waals surface area contributed by atoms with E-state index in [1.807, 2.05) is 0 Å². The Bertz CT molecular complexity index is 695. The SMILES string of the molecule is C.CCC(C)c1ccc2cc3ccccc3cc2c1. The average Bonchev–Trinajstić information content (AvgIpc) is 2.43. The second-order valence-electron chi connectivity index (χ2n) is 5.12. The van der Waals surface area contributed by atoms with Crippen LogP contribution in [-0.4, -0.2) is 0 Å². The van der Waals surface area contributed by atoms with Gasteiger partial charge in [0.05, 0.1) is 0 Å². The second kappa shape index (κ2) is 5.44. The first-order valence-electron chi connectivity index (χ1n) is 6.70. The van der Waals surface area contributed by atoms with Crippen LogP contribution >= 0.6 is 0 Å². The average molecular weight is 250 g/mol. The van der Waals surface area contributed by atoms with Crippen molar-refractivity contribution in [2.45, 2.75) is 33.6 Å². The van der Waals surface area contributed by atoms with Crippen LogP contribution in [0.2, 0.25) is 0 Å². The molecule has 0 N–H and O–H groups in total. The maximum Gasteiger partial charge on any atom is -0.0175 e. The van der Waals surface area contributed by atoms with E-state index in [4.69, 9.17) is 0 Å². The Kier molecular flexibility index (Phi) is 3.90. The third kappa shape index (κ3) is 2.49. The molecule has 0 bridgehead atoms. The summed E-state index contributed by atoms with van der Waals surface area (Å²) >= 11 is 0. The fourth-order valence-corrected chi connectivity index (χ4v) is 2.50. The molecule has 1 unspecified atom stereocenters. The van der Waals surface area contributed by atoms with E-state index < -0.39 is 0 Å². The van der Waals surface area contributed by atoms with Gasteiger partial charge in [-0.3, -0.25) is 0 Å². The molecule has 0 aliphatic rings. The predicted octanol–water partition coefficient (Wildman–Crippen LogP) is 6.14. The van der Waals surface area contributed by atoms with Crippen molar-refractivity contribution in [3.8, 4) is 0 Å². The molecule has 0 aliphatic heterocycles. The van der Waals surface area contributed by atoms with Crippen molar-refractivity contribution in [1.29, 1.82) is 0 Å². The second-order valence-corrected chi connectivity index (χ2v) is 5.12. The first-order valence-corrected chi connectivity index (χ1v) is 6.70. The number of rotatable bonds is 2. The van der Waals surface area contributed by atoms with Gasteiger partial charge >= 0.3 is 0 Å². The van der Waals surface area contributed by atoms with E-state index in [2.05, 4.69) is 68.4 Å². The van der Waals surface area contributed by atoms with E-state index in [1.165, 1.54) is 33.5 Å². The number of hydrogen-bond acceptors (Lipinski definition) is 0. The quantitative estimate of drug-likeness (QED) is 0.479. The van der Waals surface area contributed by atoms with Crippen molar-refractivity contribution < 1.29 is 0 Å². The number of fused-ring (bicyclic) bond motifs is 2. The summed E-state index contributed by atoms with van der Waals surface area (Å²) in [7, 11) is 0. The molecule has 0 radical (unpaired) electrons. The molecule has 0 aliphatic carbocycles. The monoisotopic (exact) mass is 250 g/mol. The van der Waals surface area contributed by atoms with E-state index in [0.29, 0.717) is 5.92 Å². The zero-order valence-electron chi connectivity index (χ0n) is 11.0. The van der Waals surface area contributed by atoms with Crippen molar-refractivity contribution in [3.05, 3.63) is 60.2 Å². The number of benzene rings is 3. The molecule has 0 saturated carbocycles. The van der Waals surface area contributed by atoms with Crippen LogP contribution in [0.1, 0.15) is 39.2 Å². The molecule has 0 amide bonds. The van der Waals surface area contributed by atoms with Crippen LogP contribution < -0.4 is 0 Å². The van der Waals surface area contributed by atoms with Crippen LogP contribution in [0.3, 0.4) is 0 Å². The minimum atomic E-state index is 0. The molecular formula is C19H22. The van der Waals surface area contributed by atoms with E-state index in [9.17, 15) is 0 Å². The highest BCUT2D eigenvalue weighted by atomic mass is 14.1. The Morgan fingerprint density at radius 2 is 1.37 bits per heavy atom. The summed E-state index contributed by atoms with van der Waals surface area (Å²) < 4.78 is 0. The third-order valence-electron chi connectivity index (χ3n) is 3.91.